The molecule has 2 N–H and O–H groups in total. The van der Waals surface area contributed by atoms with Crippen LogP contribution >= 0.6 is 0 Å². The molecule has 1 fully saturated rings. The minimum absolute atomic E-state index is 0.101. The first-order valence-corrected chi connectivity index (χ1v) is 5.32. The molecule has 0 bridgehead atoms. The van der Waals surface area contributed by atoms with Crippen LogP contribution in [0.15, 0.2) is 11.1 Å². The van der Waals surface area contributed by atoms with Gasteiger partial charge in [-0.05, 0) is 33.9 Å². The Hall–Kier alpha value is -1.36. The number of carboxylic acid groups (broad SMARTS) is 1. The standard InChI is InChI=1S/C11H18N2O3/c1-7(8(2)11(15)16)10(14)12-9-4-5-13(3)6-9/h9H,4-6H2,1-3H3,(H,12,14)(H,15,16). The van der Waals surface area contributed by atoms with Gasteiger partial charge in [-0.15, -0.1) is 0 Å². The van der Waals surface area contributed by atoms with Gasteiger partial charge in [-0.3, -0.25) is 4.79 Å². The topological polar surface area (TPSA) is 69.6 Å². The molecular formula is C11H18N2O3. The molecule has 16 heavy (non-hydrogen) atoms. The highest BCUT2D eigenvalue weighted by atomic mass is 16.4. The maximum atomic E-state index is 11.7. The lowest BCUT2D eigenvalue weighted by atomic mass is 10.1. The highest BCUT2D eigenvalue weighted by Crippen LogP contribution is 2.09. The zero-order valence-corrected chi connectivity index (χ0v) is 9.91. The van der Waals surface area contributed by atoms with Crippen LogP contribution in [0.25, 0.3) is 0 Å². The second kappa shape index (κ2) is 5.12. The SMILES string of the molecule is CC(C(=O)O)=C(C)C(=O)NC1CCN(C)C1. The summed E-state index contributed by atoms with van der Waals surface area (Å²) in [5.74, 6) is -1.32. The largest absolute Gasteiger partial charge is 0.478 e. The molecule has 1 saturated heterocycles. The molecule has 1 aliphatic heterocycles. The van der Waals surface area contributed by atoms with Crippen molar-refractivity contribution in [2.45, 2.75) is 26.3 Å². The van der Waals surface area contributed by atoms with Gasteiger partial charge in [-0.1, -0.05) is 0 Å². The number of carboxylic acids is 1. The molecule has 5 nitrogen and oxygen atoms in total. The first kappa shape index (κ1) is 12.7. The Morgan fingerprint density at radius 3 is 2.38 bits per heavy atom. The first-order valence-electron chi connectivity index (χ1n) is 5.32. The lowest BCUT2D eigenvalue weighted by Gasteiger charge is -2.13. The minimum Gasteiger partial charge on any atom is -0.478 e. The molecule has 0 radical (unpaired) electrons. The quantitative estimate of drug-likeness (QED) is 0.676. The van der Waals surface area contributed by atoms with Crippen LogP contribution < -0.4 is 5.32 Å². The molecular weight excluding hydrogens is 208 g/mol. The van der Waals surface area contributed by atoms with Crippen LogP contribution in [-0.4, -0.2) is 48.1 Å². The average molecular weight is 226 g/mol. The fourth-order valence-corrected chi connectivity index (χ4v) is 1.68. The molecule has 90 valence electrons. The highest BCUT2D eigenvalue weighted by molar-refractivity contribution is 6.01. The normalized spacial score (nSPS) is 22.8. The van der Waals surface area contributed by atoms with Crippen LogP contribution in [0.5, 0.6) is 0 Å². The van der Waals surface area contributed by atoms with Crippen LogP contribution in [0.4, 0.5) is 0 Å². The van der Waals surface area contributed by atoms with E-state index in [4.69, 9.17) is 5.11 Å². The second-order valence-electron chi connectivity index (χ2n) is 4.28. The Morgan fingerprint density at radius 2 is 1.94 bits per heavy atom. The predicted octanol–water partition coefficient (Wildman–Crippen LogP) is 0.228. The summed E-state index contributed by atoms with van der Waals surface area (Å²) in [7, 11) is 2.00. The lowest BCUT2D eigenvalue weighted by molar-refractivity contribution is -0.133. The summed E-state index contributed by atoms with van der Waals surface area (Å²) in [5.41, 5.74) is 0.380. The van der Waals surface area contributed by atoms with Crippen molar-refractivity contribution in [1.29, 1.82) is 0 Å². The van der Waals surface area contributed by atoms with Gasteiger partial charge in [0.2, 0.25) is 5.91 Å². The Balaban J connectivity index is 2.59. The second-order valence-corrected chi connectivity index (χ2v) is 4.28. The summed E-state index contributed by atoms with van der Waals surface area (Å²) < 4.78 is 0. The number of rotatable bonds is 3. The Kier molecular flexibility index (Phi) is 4.06. The monoisotopic (exact) mass is 226 g/mol. The van der Waals surface area contributed by atoms with Crippen molar-refractivity contribution in [3.8, 4) is 0 Å². The third-order valence-corrected chi connectivity index (χ3v) is 2.95. The summed E-state index contributed by atoms with van der Waals surface area (Å²) in [5, 5.41) is 11.6. The molecule has 0 aromatic rings. The number of amides is 1. The molecule has 0 aromatic carbocycles. The van der Waals surface area contributed by atoms with Gasteiger partial charge >= 0.3 is 5.97 Å². The molecule has 5 heteroatoms. The van der Waals surface area contributed by atoms with Gasteiger partial charge in [0.1, 0.15) is 0 Å². The number of nitrogens with one attached hydrogen (secondary N) is 1. The highest BCUT2D eigenvalue weighted by Gasteiger charge is 2.22. The summed E-state index contributed by atoms with van der Waals surface area (Å²) in [6.45, 7) is 4.77. The maximum Gasteiger partial charge on any atom is 0.331 e. The zero-order chi connectivity index (χ0) is 12.3. The number of hydrogen-bond donors (Lipinski definition) is 2. The van der Waals surface area contributed by atoms with Crippen molar-refractivity contribution >= 4 is 11.9 Å². The van der Waals surface area contributed by atoms with Crippen LogP contribution in [0.2, 0.25) is 0 Å². The van der Waals surface area contributed by atoms with Crippen molar-refractivity contribution in [2.75, 3.05) is 20.1 Å². The van der Waals surface area contributed by atoms with E-state index < -0.39 is 5.97 Å². The van der Waals surface area contributed by atoms with E-state index in [0.717, 1.165) is 19.5 Å². The van der Waals surface area contributed by atoms with Crippen LogP contribution in [0, 0.1) is 0 Å². The van der Waals surface area contributed by atoms with E-state index in [1.54, 1.807) is 0 Å². The van der Waals surface area contributed by atoms with Gasteiger partial charge in [-0.2, -0.15) is 0 Å². The van der Waals surface area contributed by atoms with Gasteiger partial charge in [-0.25, -0.2) is 4.79 Å². The van der Waals surface area contributed by atoms with Gasteiger partial charge in [0.15, 0.2) is 0 Å². The van der Waals surface area contributed by atoms with Crippen molar-refractivity contribution in [3.05, 3.63) is 11.1 Å². The Morgan fingerprint density at radius 1 is 1.31 bits per heavy atom. The molecule has 0 aliphatic carbocycles. The average Bonchev–Trinajstić information content (AvgIpc) is 2.61. The number of hydrogen-bond acceptors (Lipinski definition) is 3. The van der Waals surface area contributed by atoms with Gasteiger partial charge < -0.3 is 15.3 Å². The fraction of sp³-hybridized carbons (Fsp3) is 0.636. The van der Waals surface area contributed by atoms with Crippen LogP contribution in [-0.2, 0) is 9.59 Å². The minimum atomic E-state index is -1.05. The summed E-state index contributed by atoms with van der Waals surface area (Å²) in [6, 6.07) is 0.133. The molecule has 1 rings (SSSR count). The molecule has 1 heterocycles. The third-order valence-electron chi connectivity index (χ3n) is 2.95. The molecule has 1 aliphatic rings. The molecule has 1 atom stereocenters. The number of carbonyl (C=O) groups excluding carboxylic acids is 1. The van der Waals surface area contributed by atoms with Crippen LogP contribution in [0.3, 0.4) is 0 Å². The Labute approximate surface area is 95.1 Å². The molecule has 1 amide bonds. The summed E-state index contributed by atoms with van der Waals surface area (Å²) in [6.07, 6.45) is 0.918. The fourth-order valence-electron chi connectivity index (χ4n) is 1.68. The van der Waals surface area contributed by atoms with E-state index in [9.17, 15) is 9.59 Å². The van der Waals surface area contributed by atoms with E-state index in [-0.39, 0.29) is 23.1 Å². The van der Waals surface area contributed by atoms with Gasteiger partial charge in [0.25, 0.3) is 0 Å². The maximum absolute atomic E-state index is 11.7. The summed E-state index contributed by atoms with van der Waals surface area (Å²) in [4.78, 5) is 24.5. The smallest absolute Gasteiger partial charge is 0.331 e. The van der Waals surface area contributed by atoms with E-state index >= 15 is 0 Å². The van der Waals surface area contributed by atoms with E-state index in [1.165, 1.54) is 13.8 Å². The third kappa shape index (κ3) is 3.06. The molecule has 0 spiro atoms. The number of carbonyl (C=O) groups is 2. The van der Waals surface area contributed by atoms with Crippen molar-refractivity contribution < 1.29 is 14.7 Å². The van der Waals surface area contributed by atoms with Crippen molar-refractivity contribution in [3.63, 3.8) is 0 Å². The number of aliphatic carboxylic acids is 1. The zero-order valence-electron chi connectivity index (χ0n) is 9.91. The molecule has 0 saturated carbocycles. The molecule has 1 unspecified atom stereocenters. The van der Waals surface area contributed by atoms with E-state index in [1.807, 2.05) is 7.05 Å². The van der Waals surface area contributed by atoms with E-state index in [0.29, 0.717) is 0 Å². The first-order chi connectivity index (χ1) is 7.41. The van der Waals surface area contributed by atoms with Crippen molar-refractivity contribution in [1.82, 2.24) is 10.2 Å². The number of likely N-dealkylation sites (N-methyl/N-ethyl adjacent to an activating group) is 1. The summed E-state index contributed by atoms with van der Waals surface area (Å²) >= 11 is 0. The van der Waals surface area contributed by atoms with Gasteiger partial charge in [0, 0.05) is 23.7 Å². The number of likely N-dealkylation sites (tertiary alicyclic amines) is 1. The Bertz CT molecular complexity index is 336. The lowest BCUT2D eigenvalue weighted by Crippen LogP contribution is -2.37. The van der Waals surface area contributed by atoms with Crippen LogP contribution in [0.1, 0.15) is 20.3 Å². The number of nitrogens with zero attached hydrogens (tertiary/aromatic N) is 1. The van der Waals surface area contributed by atoms with Gasteiger partial charge in [0.05, 0.1) is 0 Å². The van der Waals surface area contributed by atoms with E-state index in [2.05, 4.69) is 10.2 Å². The van der Waals surface area contributed by atoms with Crippen molar-refractivity contribution in [2.24, 2.45) is 0 Å². The predicted molar refractivity (Wildman–Crippen MR) is 60.1 cm³/mol. The molecule has 0 aromatic heterocycles.